The SMILES string of the molecule is Cn1c(-c2ccco2)nc2c3cccnc3ccc21. The minimum absolute atomic E-state index is 0.774. The van der Waals surface area contributed by atoms with Crippen LogP contribution in [0.1, 0.15) is 0 Å². The van der Waals surface area contributed by atoms with E-state index in [4.69, 9.17) is 9.40 Å². The van der Waals surface area contributed by atoms with Crippen LogP contribution in [0.15, 0.2) is 53.3 Å². The maximum Gasteiger partial charge on any atom is 0.176 e. The molecule has 4 heteroatoms. The Morgan fingerprint density at radius 1 is 1.11 bits per heavy atom. The lowest BCUT2D eigenvalue weighted by atomic mass is 10.2. The smallest absolute Gasteiger partial charge is 0.176 e. The molecule has 3 aromatic heterocycles. The van der Waals surface area contributed by atoms with Gasteiger partial charge >= 0.3 is 0 Å². The summed E-state index contributed by atoms with van der Waals surface area (Å²) in [6.07, 6.45) is 3.46. The van der Waals surface area contributed by atoms with Crippen LogP contribution in [0, 0.1) is 0 Å². The Kier molecular flexibility index (Phi) is 2.00. The average molecular weight is 249 g/mol. The first-order valence-electron chi connectivity index (χ1n) is 6.08. The van der Waals surface area contributed by atoms with Gasteiger partial charge in [0.15, 0.2) is 11.6 Å². The number of furan rings is 1. The summed E-state index contributed by atoms with van der Waals surface area (Å²) in [4.78, 5) is 9.07. The van der Waals surface area contributed by atoms with Gasteiger partial charge < -0.3 is 8.98 Å². The maximum atomic E-state index is 5.44. The number of aromatic nitrogens is 3. The summed E-state index contributed by atoms with van der Waals surface area (Å²) in [7, 11) is 2.00. The highest BCUT2D eigenvalue weighted by Gasteiger charge is 2.13. The zero-order chi connectivity index (χ0) is 12.8. The van der Waals surface area contributed by atoms with Gasteiger partial charge in [0.25, 0.3) is 0 Å². The van der Waals surface area contributed by atoms with Crippen molar-refractivity contribution in [3.05, 3.63) is 48.9 Å². The van der Waals surface area contributed by atoms with Gasteiger partial charge in [0.1, 0.15) is 0 Å². The predicted molar refractivity (Wildman–Crippen MR) is 73.7 cm³/mol. The summed E-state index contributed by atoms with van der Waals surface area (Å²) >= 11 is 0. The van der Waals surface area contributed by atoms with Crippen LogP contribution in [0.4, 0.5) is 0 Å². The van der Waals surface area contributed by atoms with Crippen molar-refractivity contribution in [2.45, 2.75) is 0 Å². The van der Waals surface area contributed by atoms with Gasteiger partial charge in [0, 0.05) is 18.6 Å². The largest absolute Gasteiger partial charge is 0.461 e. The van der Waals surface area contributed by atoms with Crippen LogP contribution in [-0.2, 0) is 7.05 Å². The third-order valence-corrected chi connectivity index (χ3v) is 3.37. The first-order chi connectivity index (χ1) is 9.34. The number of pyridine rings is 1. The Labute approximate surface area is 109 Å². The fraction of sp³-hybridized carbons (Fsp3) is 0.0667. The van der Waals surface area contributed by atoms with Gasteiger partial charge in [-0.2, -0.15) is 0 Å². The number of benzene rings is 1. The third-order valence-electron chi connectivity index (χ3n) is 3.37. The van der Waals surface area contributed by atoms with E-state index < -0.39 is 0 Å². The van der Waals surface area contributed by atoms with Crippen molar-refractivity contribution in [1.29, 1.82) is 0 Å². The number of nitrogens with zero attached hydrogens (tertiary/aromatic N) is 3. The van der Waals surface area contributed by atoms with E-state index in [1.54, 1.807) is 12.5 Å². The van der Waals surface area contributed by atoms with E-state index >= 15 is 0 Å². The molecule has 0 unspecified atom stereocenters. The molecule has 0 saturated heterocycles. The van der Waals surface area contributed by atoms with E-state index in [0.717, 1.165) is 33.5 Å². The summed E-state index contributed by atoms with van der Waals surface area (Å²) < 4.78 is 7.49. The Morgan fingerprint density at radius 3 is 2.89 bits per heavy atom. The standard InChI is InChI=1S/C15H11N3O/c1-18-12-7-6-11-10(4-2-8-16-11)14(12)17-15(18)13-5-3-9-19-13/h2-9H,1H3. The van der Waals surface area contributed by atoms with E-state index in [2.05, 4.69) is 4.98 Å². The summed E-state index contributed by atoms with van der Waals surface area (Å²) in [5.74, 6) is 1.60. The van der Waals surface area contributed by atoms with E-state index in [-0.39, 0.29) is 0 Å². The molecule has 4 nitrogen and oxygen atoms in total. The normalized spacial score (nSPS) is 11.4. The fourth-order valence-corrected chi connectivity index (χ4v) is 2.43. The zero-order valence-corrected chi connectivity index (χ0v) is 10.4. The molecule has 0 aliphatic carbocycles. The van der Waals surface area contributed by atoms with Gasteiger partial charge in [-0.1, -0.05) is 0 Å². The molecule has 0 atom stereocenters. The zero-order valence-electron chi connectivity index (χ0n) is 10.4. The van der Waals surface area contributed by atoms with Crippen LogP contribution in [0.2, 0.25) is 0 Å². The lowest BCUT2D eigenvalue weighted by molar-refractivity contribution is 0.574. The molecular formula is C15H11N3O. The number of hydrogen-bond acceptors (Lipinski definition) is 3. The minimum Gasteiger partial charge on any atom is -0.461 e. The van der Waals surface area contributed by atoms with Crippen LogP contribution < -0.4 is 0 Å². The molecule has 1 aromatic carbocycles. The van der Waals surface area contributed by atoms with Crippen molar-refractivity contribution < 1.29 is 4.42 Å². The topological polar surface area (TPSA) is 43.9 Å². The second-order valence-corrected chi connectivity index (χ2v) is 4.48. The highest BCUT2D eigenvalue weighted by atomic mass is 16.3. The third kappa shape index (κ3) is 1.40. The minimum atomic E-state index is 0.774. The molecule has 0 saturated carbocycles. The molecule has 0 amide bonds. The molecule has 92 valence electrons. The Morgan fingerprint density at radius 2 is 2.05 bits per heavy atom. The van der Waals surface area contributed by atoms with Crippen molar-refractivity contribution in [3.63, 3.8) is 0 Å². The predicted octanol–water partition coefficient (Wildman–Crippen LogP) is 3.38. The quantitative estimate of drug-likeness (QED) is 0.519. The molecule has 0 radical (unpaired) electrons. The van der Waals surface area contributed by atoms with E-state index in [1.165, 1.54) is 0 Å². The summed E-state index contributed by atoms with van der Waals surface area (Å²) in [6, 6.07) is 11.8. The number of fused-ring (bicyclic) bond motifs is 3. The van der Waals surface area contributed by atoms with E-state index in [1.807, 2.05) is 48.0 Å². The number of hydrogen-bond donors (Lipinski definition) is 0. The van der Waals surface area contributed by atoms with Crippen molar-refractivity contribution in [2.24, 2.45) is 7.05 Å². The molecular weight excluding hydrogens is 238 g/mol. The highest BCUT2D eigenvalue weighted by Crippen LogP contribution is 2.28. The van der Waals surface area contributed by atoms with Crippen molar-refractivity contribution in [3.8, 4) is 11.6 Å². The van der Waals surface area contributed by atoms with Crippen LogP contribution in [0.25, 0.3) is 33.5 Å². The van der Waals surface area contributed by atoms with Gasteiger partial charge in [-0.15, -0.1) is 0 Å². The molecule has 0 spiro atoms. The second-order valence-electron chi connectivity index (χ2n) is 4.48. The molecule has 19 heavy (non-hydrogen) atoms. The Hall–Kier alpha value is -2.62. The van der Waals surface area contributed by atoms with Crippen molar-refractivity contribution in [2.75, 3.05) is 0 Å². The number of rotatable bonds is 1. The monoisotopic (exact) mass is 249 g/mol. The highest BCUT2D eigenvalue weighted by molar-refractivity contribution is 6.03. The molecule has 3 heterocycles. The summed E-state index contributed by atoms with van der Waals surface area (Å²) in [6.45, 7) is 0. The molecule has 0 aliphatic rings. The summed E-state index contributed by atoms with van der Waals surface area (Å²) in [5.41, 5.74) is 2.99. The first kappa shape index (κ1) is 10.3. The van der Waals surface area contributed by atoms with Gasteiger partial charge in [0.05, 0.1) is 22.8 Å². The summed E-state index contributed by atoms with van der Waals surface area (Å²) in [5, 5.41) is 1.06. The lowest BCUT2D eigenvalue weighted by Gasteiger charge is -1.99. The molecule has 4 rings (SSSR count). The second kappa shape index (κ2) is 3.68. The first-order valence-corrected chi connectivity index (χ1v) is 6.08. The molecule has 0 aliphatic heterocycles. The fourth-order valence-electron chi connectivity index (χ4n) is 2.43. The molecule has 0 bridgehead atoms. The van der Waals surface area contributed by atoms with Crippen molar-refractivity contribution >= 4 is 21.9 Å². The Balaban J connectivity index is 2.14. The average Bonchev–Trinajstić information content (AvgIpc) is 3.07. The van der Waals surface area contributed by atoms with Gasteiger partial charge in [-0.05, 0) is 36.4 Å². The van der Waals surface area contributed by atoms with Crippen LogP contribution in [0.3, 0.4) is 0 Å². The van der Waals surface area contributed by atoms with Gasteiger partial charge in [0.2, 0.25) is 0 Å². The van der Waals surface area contributed by atoms with E-state index in [0.29, 0.717) is 0 Å². The Bertz CT molecular complexity index is 875. The molecule has 4 aromatic rings. The number of aryl methyl sites for hydroxylation is 1. The molecule has 0 N–H and O–H groups in total. The lowest BCUT2D eigenvalue weighted by Crippen LogP contribution is -1.90. The van der Waals surface area contributed by atoms with Gasteiger partial charge in [-0.3, -0.25) is 4.98 Å². The molecule has 0 fully saturated rings. The van der Waals surface area contributed by atoms with E-state index in [9.17, 15) is 0 Å². The van der Waals surface area contributed by atoms with Crippen LogP contribution in [-0.4, -0.2) is 14.5 Å². The van der Waals surface area contributed by atoms with Crippen LogP contribution in [0.5, 0.6) is 0 Å². The van der Waals surface area contributed by atoms with Gasteiger partial charge in [-0.25, -0.2) is 4.98 Å². The van der Waals surface area contributed by atoms with Crippen LogP contribution >= 0.6 is 0 Å². The number of imidazole rings is 1. The maximum absolute atomic E-state index is 5.44. The van der Waals surface area contributed by atoms with Crippen molar-refractivity contribution in [1.82, 2.24) is 14.5 Å².